The van der Waals surface area contributed by atoms with Crippen molar-refractivity contribution in [2.75, 3.05) is 18.9 Å². The van der Waals surface area contributed by atoms with Crippen LogP contribution < -0.4 is 11.1 Å². The molecular weight excluding hydrogens is 200 g/mol. The average molecular weight is 220 g/mol. The maximum absolute atomic E-state index is 5.93. The third-order valence-electron chi connectivity index (χ3n) is 3.14. The summed E-state index contributed by atoms with van der Waals surface area (Å²) in [7, 11) is 0. The molecule has 0 aromatic heterocycles. The van der Waals surface area contributed by atoms with E-state index in [2.05, 4.69) is 18.3 Å². The van der Waals surface area contributed by atoms with Crippen molar-refractivity contribution < 1.29 is 4.74 Å². The summed E-state index contributed by atoms with van der Waals surface area (Å²) in [5.41, 5.74) is 7.96. The molecule has 1 aromatic carbocycles. The Bertz CT molecular complexity index is 334. The van der Waals surface area contributed by atoms with Crippen LogP contribution in [-0.4, -0.2) is 19.3 Å². The number of rotatable bonds is 4. The van der Waals surface area contributed by atoms with E-state index in [-0.39, 0.29) is 6.04 Å². The topological polar surface area (TPSA) is 47.3 Å². The van der Waals surface area contributed by atoms with Gasteiger partial charge in [-0.1, -0.05) is 18.2 Å². The zero-order valence-corrected chi connectivity index (χ0v) is 9.78. The molecule has 0 aliphatic carbocycles. The first-order valence-corrected chi connectivity index (χ1v) is 5.97. The molecule has 0 bridgehead atoms. The number of nitrogens with two attached hydrogens (primary N) is 1. The summed E-state index contributed by atoms with van der Waals surface area (Å²) in [5.74, 6) is 0. The molecule has 16 heavy (non-hydrogen) atoms. The lowest BCUT2D eigenvalue weighted by molar-refractivity contribution is 0.108. The highest BCUT2D eigenvalue weighted by Crippen LogP contribution is 2.20. The van der Waals surface area contributed by atoms with Gasteiger partial charge in [-0.25, -0.2) is 0 Å². The number of nitrogen functional groups attached to an aromatic ring is 1. The minimum absolute atomic E-state index is 0.283. The molecule has 1 heterocycles. The number of nitrogens with one attached hydrogen (secondary N) is 1. The summed E-state index contributed by atoms with van der Waals surface area (Å²) in [6.45, 7) is 3.96. The van der Waals surface area contributed by atoms with Gasteiger partial charge in [0.1, 0.15) is 0 Å². The number of hydrogen-bond donors (Lipinski definition) is 2. The smallest absolute Gasteiger partial charge is 0.0700 e. The summed E-state index contributed by atoms with van der Waals surface area (Å²) >= 11 is 0. The van der Waals surface area contributed by atoms with Gasteiger partial charge in [0, 0.05) is 24.9 Å². The van der Waals surface area contributed by atoms with Gasteiger partial charge in [-0.05, 0) is 31.4 Å². The number of hydrogen-bond acceptors (Lipinski definition) is 3. The summed E-state index contributed by atoms with van der Waals surface area (Å²) in [4.78, 5) is 0. The Labute approximate surface area is 97.0 Å². The van der Waals surface area contributed by atoms with Gasteiger partial charge in [0.25, 0.3) is 0 Å². The molecule has 0 radical (unpaired) electrons. The lowest BCUT2D eigenvalue weighted by Crippen LogP contribution is -2.29. The highest BCUT2D eigenvalue weighted by Gasteiger charge is 2.16. The van der Waals surface area contributed by atoms with Crippen LogP contribution in [-0.2, 0) is 4.74 Å². The molecular formula is C13H20N2O. The third kappa shape index (κ3) is 2.74. The molecule has 0 unspecified atom stereocenters. The van der Waals surface area contributed by atoms with Gasteiger partial charge in [0.15, 0.2) is 0 Å². The van der Waals surface area contributed by atoms with Crippen LogP contribution in [0.3, 0.4) is 0 Å². The molecule has 2 atom stereocenters. The van der Waals surface area contributed by atoms with E-state index in [9.17, 15) is 0 Å². The molecule has 0 spiro atoms. The van der Waals surface area contributed by atoms with Crippen molar-refractivity contribution in [2.24, 2.45) is 0 Å². The number of anilines is 1. The van der Waals surface area contributed by atoms with E-state index >= 15 is 0 Å². The lowest BCUT2D eigenvalue weighted by Gasteiger charge is -2.18. The molecule has 3 nitrogen and oxygen atoms in total. The van der Waals surface area contributed by atoms with Gasteiger partial charge in [0.2, 0.25) is 0 Å². The molecule has 1 saturated heterocycles. The molecule has 0 saturated carbocycles. The first-order chi connectivity index (χ1) is 7.77. The highest BCUT2D eigenvalue weighted by atomic mass is 16.5. The Balaban J connectivity index is 1.87. The predicted molar refractivity (Wildman–Crippen MR) is 66.2 cm³/mol. The van der Waals surface area contributed by atoms with Crippen molar-refractivity contribution in [3.05, 3.63) is 29.8 Å². The Hall–Kier alpha value is -1.06. The standard InChI is InChI=1S/C13H20N2O/c1-10(12-6-2-3-7-13(12)14)15-9-11-5-4-8-16-11/h2-3,6-7,10-11,15H,4-5,8-9,14H2,1H3/t10-,11-/m0/s1. The van der Waals surface area contributed by atoms with Crippen LogP contribution in [0.2, 0.25) is 0 Å². The van der Waals surface area contributed by atoms with Crippen LogP contribution in [0.15, 0.2) is 24.3 Å². The molecule has 1 aliphatic rings. The highest BCUT2D eigenvalue weighted by molar-refractivity contribution is 5.47. The van der Waals surface area contributed by atoms with E-state index in [4.69, 9.17) is 10.5 Å². The Morgan fingerprint density at radius 3 is 3.00 bits per heavy atom. The van der Waals surface area contributed by atoms with Gasteiger partial charge >= 0.3 is 0 Å². The summed E-state index contributed by atoms with van der Waals surface area (Å²) < 4.78 is 5.58. The summed E-state index contributed by atoms with van der Waals surface area (Å²) in [6.07, 6.45) is 2.74. The minimum atomic E-state index is 0.283. The first-order valence-electron chi connectivity index (χ1n) is 5.97. The van der Waals surface area contributed by atoms with Crippen LogP contribution >= 0.6 is 0 Å². The normalized spacial score (nSPS) is 22.2. The molecule has 2 rings (SSSR count). The fourth-order valence-electron chi connectivity index (χ4n) is 2.13. The minimum Gasteiger partial charge on any atom is -0.398 e. The Morgan fingerprint density at radius 1 is 1.50 bits per heavy atom. The third-order valence-corrected chi connectivity index (χ3v) is 3.14. The van der Waals surface area contributed by atoms with Gasteiger partial charge < -0.3 is 15.8 Å². The van der Waals surface area contributed by atoms with E-state index in [1.54, 1.807) is 0 Å². The van der Waals surface area contributed by atoms with Crippen LogP contribution in [0.4, 0.5) is 5.69 Å². The van der Waals surface area contributed by atoms with Crippen molar-refractivity contribution in [1.29, 1.82) is 0 Å². The van der Waals surface area contributed by atoms with E-state index in [1.165, 1.54) is 18.4 Å². The molecule has 1 fully saturated rings. The Kier molecular flexibility index (Phi) is 3.80. The molecule has 3 heteroatoms. The fourth-order valence-corrected chi connectivity index (χ4v) is 2.13. The fraction of sp³-hybridized carbons (Fsp3) is 0.538. The quantitative estimate of drug-likeness (QED) is 0.764. The molecule has 3 N–H and O–H groups in total. The average Bonchev–Trinajstić information content (AvgIpc) is 2.79. The zero-order chi connectivity index (χ0) is 11.4. The molecule has 88 valence electrons. The first kappa shape index (κ1) is 11.4. The molecule has 1 aliphatic heterocycles. The van der Waals surface area contributed by atoms with E-state index in [0.717, 1.165) is 18.8 Å². The maximum atomic E-state index is 5.93. The molecule has 1 aromatic rings. The second-order valence-corrected chi connectivity index (χ2v) is 4.39. The number of ether oxygens (including phenoxy) is 1. The van der Waals surface area contributed by atoms with Crippen molar-refractivity contribution in [1.82, 2.24) is 5.32 Å². The largest absolute Gasteiger partial charge is 0.398 e. The van der Waals surface area contributed by atoms with Gasteiger partial charge in [0.05, 0.1) is 6.10 Å². The lowest BCUT2D eigenvalue weighted by atomic mass is 10.1. The van der Waals surface area contributed by atoms with Crippen LogP contribution in [0.1, 0.15) is 31.4 Å². The van der Waals surface area contributed by atoms with Crippen LogP contribution in [0, 0.1) is 0 Å². The van der Waals surface area contributed by atoms with Crippen molar-refractivity contribution in [2.45, 2.75) is 31.9 Å². The van der Waals surface area contributed by atoms with Gasteiger partial charge in [-0.2, -0.15) is 0 Å². The second-order valence-electron chi connectivity index (χ2n) is 4.39. The van der Waals surface area contributed by atoms with Gasteiger partial charge in [-0.3, -0.25) is 0 Å². The van der Waals surface area contributed by atoms with Crippen molar-refractivity contribution in [3.63, 3.8) is 0 Å². The SMILES string of the molecule is C[C@H](NC[C@@H]1CCCO1)c1ccccc1N. The predicted octanol–water partition coefficient (Wildman–Crippen LogP) is 2.10. The number of benzene rings is 1. The van der Waals surface area contributed by atoms with E-state index < -0.39 is 0 Å². The van der Waals surface area contributed by atoms with Gasteiger partial charge in [-0.15, -0.1) is 0 Å². The van der Waals surface area contributed by atoms with Crippen molar-refractivity contribution >= 4 is 5.69 Å². The number of para-hydroxylation sites is 1. The van der Waals surface area contributed by atoms with Crippen LogP contribution in [0.25, 0.3) is 0 Å². The zero-order valence-electron chi connectivity index (χ0n) is 9.78. The Morgan fingerprint density at radius 2 is 2.31 bits per heavy atom. The summed E-state index contributed by atoms with van der Waals surface area (Å²) in [6, 6.07) is 8.29. The monoisotopic (exact) mass is 220 g/mol. The van der Waals surface area contributed by atoms with E-state index in [1.807, 2.05) is 18.2 Å². The van der Waals surface area contributed by atoms with Crippen LogP contribution in [0.5, 0.6) is 0 Å². The molecule has 0 amide bonds. The van der Waals surface area contributed by atoms with Crippen molar-refractivity contribution in [3.8, 4) is 0 Å². The maximum Gasteiger partial charge on any atom is 0.0700 e. The second kappa shape index (κ2) is 5.32. The summed E-state index contributed by atoms with van der Waals surface area (Å²) in [5, 5.41) is 3.48. The van der Waals surface area contributed by atoms with E-state index in [0.29, 0.717) is 6.10 Å².